The molecular formula is C20H16N4O. The molecule has 1 N–H and O–H groups in total. The van der Waals surface area contributed by atoms with Crippen molar-refractivity contribution in [1.29, 1.82) is 0 Å². The lowest BCUT2D eigenvalue weighted by atomic mass is 10.1. The quantitative estimate of drug-likeness (QED) is 0.623. The maximum absolute atomic E-state index is 12.5. The lowest BCUT2D eigenvalue weighted by Gasteiger charge is -2.08. The minimum Gasteiger partial charge on any atom is -0.310 e. The van der Waals surface area contributed by atoms with Crippen molar-refractivity contribution in [1.82, 2.24) is 14.4 Å². The van der Waals surface area contributed by atoms with E-state index < -0.39 is 0 Å². The van der Waals surface area contributed by atoms with Gasteiger partial charge in [-0.25, -0.2) is 9.97 Å². The lowest BCUT2D eigenvalue weighted by Crippen LogP contribution is -2.16. The molecule has 0 atom stereocenters. The van der Waals surface area contributed by atoms with E-state index >= 15 is 0 Å². The van der Waals surface area contributed by atoms with Crippen LogP contribution in [0.15, 0.2) is 79.1 Å². The van der Waals surface area contributed by atoms with Crippen LogP contribution in [0.1, 0.15) is 5.56 Å². The van der Waals surface area contributed by atoms with Gasteiger partial charge in [-0.1, -0.05) is 60.7 Å². The Hall–Kier alpha value is -3.47. The van der Waals surface area contributed by atoms with E-state index in [-0.39, 0.29) is 5.91 Å². The third-order valence-corrected chi connectivity index (χ3v) is 3.92. The van der Waals surface area contributed by atoms with Crippen molar-refractivity contribution in [3.8, 4) is 11.3 Å². The lowest BCUT2D eigenvalue weighted by molar-refractivity contribution is -0.115. The van der Waals surface area contributed by atoms with Crippen LogP contribution >= 0.6 is 0 Å². The molecule has 2 aromatic heterocycles. The first-order valence-electron chi connectivity index (χ1n) is 8.03. The zero-order chi connectivity index (χ0) is 17.1. The van der Waals surface area contributed by atoms with E-state index in [0.29, 0.717) is 23.7 Å². The molecule has 0 aliphatic heterocycles. The predicted molar refractivity (Wildman–Crippen MR) is 97.2 cm³/mol. The summed E-state index contributed by atoms with van der Waals surface area (Å²) in [4.78, 5) is 21.4. The topological polar surface area (TPSA) is 59.3 Å². The highest BCUT2D eigenvalue weighted by molar-refractivity contribution is 5.95. The van der Waals surface area contributed by atoms with Crippen molar-refractivity contribution in [3.05, 3.63) is 84.7 Å². The molecule has 0 saturated heterocycles. The number of rotatable bonds is 4. The Labute approximate surface area is 145 Å². The normalized spacial score (nSPS) is 10.7. The van der Waals surface area contributed by atoms with E-state index in [0.717, 1.165) is 11.1 Å². The third-order valence-electron chi connectivity index (χ3n) is 3.92. The molecular weight excluding hydrogens is 312 g/mol. The van der Waals surface area contributed by atoms with E-state index in [4.69, 9.17) is 0 Å². The first-order valence-corrected chi connectivity index (χ1v) is 8.03. The number of imidazole rings is 1. The molecule has 0 fully saturated rings. The molecule has 5 heteroatoms. The van der Waals surface area contributed by atoms with Gasteiger partial charge in [0.2, 0.25) is 11.7 Å². The molecule has 1 amide bonds. The van der Waals surface area contributed by atoms with Crippen LogP contribution in [0, 0.1) is 0 Å². The van der Waals surface area contributed by atoms with Gasteiger partial charge in [0.15, 0.2) is 0 Å². The van der Waals surface area contributed by atoms with Crippen LogP contribution in [0.5, 0.6) is 0 Å². The minimum atomic E-state index is -0.0889. The van der Waals surface area contributed by atoms with Crippen molar-refractivity contribution in [2.24, 2.45) is 0 Å². The van der Waals surface area contributed by atoms with Crippen molar-refractivity contribution in [2.45, 2.75) is 6.42 Å². The molecule has 2 aromatic carbocycles. The molecule has 4 aromatic rings. The molecule has 0 saturated carbocycles. The minimum absolute atomic E-state index is 0.0889. The Kier molecular flexibility index (Phi) is 3.96. The Morgan fingerprint density at radius 3 is 2.44 bits per heavy atom. The van der Waals surface area contributed by atoms with Crippen LogP contribution in [0.25, 0.3) is 17.0 Å². The molecule has 122 valence electrons. The van der Waals surface area contributed by atoms with E-state index in [2.05, 4.69) is 15.3 Å². The number of hydrogen-bond donors (Lipinski definition) is 1. The maximum Gasteiger partial charge on any atom is 0.235 e. The van der Waals surface area contributed by atoms with Gasteiger partial charge in [0.1, 0.15) is 11.5 Å². The summed E-state index contributed by atoms with van der Waals surface area (Å²) in [7, 11) is 0. The van der Waals surface area contributed by atoms with Gasteiger partial charge >= 0.3 is 0 Å². The fourth-order valence-electron chi connectivity index (χ4n) is 2.76. The number of fused-ring (bicyclic) bond motifs is 1. The smallest absolute Gasteiger partial charge is 0.235 e. The number of anilines is 1. The highest BCUT2D eigenvalue weighted by atomic mass is 16.1. The fraction of sp³-hybridized carbons (Fsp3) is 0.0500. The van der Waals surface area contributed by atoms with Gasteiger partial charge in [-0.05, 0) is 11.6 Å². The number of carbonyl (C=O) groups excluding carboxylic acids is 1. The average Bonchev–Trinajstić information content (AvgIpc) is 3.02. The van der Waals surface area contributed by atoms with E-state index in [9.17, 15) is 4.79 Å². The molecule has 25 heavy (non-hydrogen) atoms. The van der Waals surface area contributed by atoms with Gasteiger partial charge in [-0.3, -0.25) is 9.20 Å². The summed E-state index contributed by atoms with van der Waals surface area (Å²) in [5.41, 5.74) is 2.61. The zero-order valence-corrected chi connectivity index (χ0v) is 13.5. The van der Waals surface area contributed by atoms with E-state index in [1.54, 1.807) is 10.6 Å². The zero-order valence-electron chi connectivity index (χ0n) is 13.5. The number of amides is 1. The highest BCUT2D eigenvalue weighted by Gasteiger charge is 2.16. The SMILES string of the molecule is O=C(Cc1ccccc1)Nc1c(-c2ccccc2)nc2ncccn12. The highest BCUT2D eigenvalue weighted by Crippen LogP contribution is 2.28. The second kappa shape index (κ2) is 6.57. The summed E-state index contributed by atoms with van der Waals surface area (Å²) >= 11 is 0. The van der Waals surface area contributed by atoms with Gasteiger partial charge in [-0.2, -0.15) is 0 Å². The van der Waals surface area contributed by atoms with Crippen LogP contribution in [0.3, 0.4) is 0 Å². The Balaban J connectivity index is 1.71. The Morgan fingerprint density at radius 1 is 0.960 bits per heavy atom. The fourth-order valence-corrected chi connectivity index (χ4v) is 2.76. The number of carbonyl (C=O) groups is 1. The van der Waals surface area contributed by atoms with Crippen molar-refractivity contribution in [3.63, 3.8) is 0 Å². The van der Waals surface area contributed by atoms with Gasteiger partial charge in [0.25, 0.3) is 0 Å². The molecule has 0 aliphatic rings. The Bertz CT molecular complexity index is 1010. The van der Waals surface area contributed by atoms with Crippen LogP contribution in [0.4, 0.5) is 5.82 Å². The molecule has 0 radical (unpaired) electrons. The van der Waals surface area contributed by atoms with Crippen molar-refractivity contribution >= 4 is 17.5 Å². The van der Waals surface area contributed by atoms with Gasteiger partial charge in [0, 0.05) is 18.0 Å². The second-order valence-corrected chi connectivity index (χ2v) is 5.68. The van der Waals surface area contributed by atoms with Crippen LogP contribution in [0.2, 0.25) is 0 Å². The van der Waals surface area contributed by atoms with Gasteiger partial charge in [-0.15, -0.1) is 0 Å². The summed E-state index contributed by atoms with van der Waals surface area (Å²) in [5, 5.41) is 3.00. The number of hydrogen-bond acceptors (Lipinski definition) is 3. The average molecular weight is 328 g/mol. The van der Waals surface area contributed by atoms with Crippen LogP contribution in [-0.4, -0.2) is 20.3 Å². The van der Waals surface area contributed by atoms with Crippen LogP contribution < -0.4 is 5.32 Å². The molecule has 0 aliphatic carbocycles. The number of benzene rings is 2. The molecule has 0 spiro atoms. The number of nitrogens with zero attached hydrogens (tertiary/aromatic N) is 3. The first kappa shape index (κ1) is 15.1. The van der Waals surface area contributed by atoms with Crippen molar-refractivity contribution in [2.75, 3.05) is 5.32 Å². The summed E-state index contributed by atoms with van der Waals surface area (Å²) in [6.07, 6.45) is 3.84. The summed E-state index contributed by atoms with van der Waals surface area (Å²) in [5.74, 6) is 1.10. The summed E-state index contributed by atoms with van der Waals surface area (Å²) < 4.78 is 1.80. The summed E-state index contributed by atoms with van der Waals surface area (Å²) in [6, 6.07) is 21.3. The molecule has 4 rings (SSSR count). The standard InChI is InChI=1S/C20H16N4O/c25-17(14-15-8-3-1-4-9-15)22-19-18(16-10-5-2-6-11-16)23-20-21-12-7-13-24(19)20/h1-13H,14H2,(H,22,25). The molecule has 2 heterocycles. The van der Waals surface area contributed by atoms with Gasteiger partial charge in [0.05, 0.1) is 6.42 Å². The monoisotopic (exact) mass is 328 g/mol. The predicted octanol–water partition coefficient (Wildman–Crippen LogP) is 3.58. The largest absolute Gasteiger partial charge is 0.310 e. The van der Waals surface area contributed by atoms with E-state index in [1.807, 2.05) is 72.9 Å². The second-order valence-electron chi connectivity index (χ2n) is 5.68. The number of nitrogens with one attached hydrogen (secondary N) is 1. The summed E-state index contributed by atoms with van der Waals surface area (Å²) in [6.45, 7) is 0. The molecule has 0 unspecified atom stereocenters. The van der Waals surface area contributed by atoms with Crippen molar-refractivity contribution < 1.29 is 4.79 Å². The van der Waals surface area contributed by atoms with E-state index in [1.165, 1.54) is 0 Å². The molecule has 5 nitrogen and oxygen atoms in total. The maximum atomic E-state index is 12.5. The van der Waals surface area contributed by atoms with Crippen LogP contribution in [-0.2, 0) is 11.2 Å². The third kappa shape index (κ3) is 3.12. The Morgan fingerprint density at radius 2 is 1.68 bits per heavy atom. The first-order chi connectivity index (χ1) is 12.3. The van der Waals surface area contributed by atoms with Gasteiger partial charge < -0.3 is 5.32 Å². The number of aromatic nitrogens is 3. The molecule has 0 bridgehead atoms.